The molecule has 0 aliphatic carbocycles. The fourth-order valence-corrected chi connectivity index (χ4v) is 3.27. The van der Waals surface area contributed by atoms with Crippen LogP contribution in [-0.2, 0) is 4.74 Å². The van der Waals surface area contributed by atoms with Gasteiger partial charge in [-0.05, 0) is 39.0 Å². The van der Waals surface area contributed by atoms with E-state index in [9.17, 15) is 9.59 Å². The van der Waals surface area contributed by atoms with E-state index in [0.717, 1.165) is 0 Å². The maximum Gasteiger partial charge on any atom is 0.410 e. The molecule has 0 saturated carbocycles. The second kappa shape index (κ2) is 6.07. The van der Waals surface area contributed by atoms with Crippen LogP contribution in [0.15, 0.2) is 18.2 Å². The summed E-state index contributed by atoms with van der Waals surface area (Å²) in [7, 11) is 0. The number of piperidine rings is 1. The minimum Gasteiger partial charge on any atom is -0.486 e. The minimum absolute atomic E-state index is 0.0245. The first-order chi connectivity index (χ1) is 11.7. The van der Waals surface area contributed by atoms with Crippen molar-refractivity contribution in [1.82, 2.24) is 4.90 Å². The van der Waals surface area contributed by atoms with Gasteiger partial charge in [-0.15, -0.1) is 0 Å². The van der Waals surface area contributed by atoms with E-state index in [4.69, 9.17) is 14.7 Å². The number of nitriles is 1. The Morgan fingerprint density at radius 3 is 2.60 bits per heavy atom. The Kier molecular flexibility index (Phi) is 4.19. The standard InChI is InChI=1S/C19H22N2O4/c1-18(2,3)25-17(23)21-8-6-19(7-9-21)11-15(22)14-5-4-13(12-20)10-16(14)24-19/h4-5,10H,6-9,11H2,1-3H3. The number of ether oxygens (including phenoxy) is 2. The van der Waals surface area contributed by atoms with Crippen molar-refractivity contribution in [2.45, 2.75) is 51.2 Å². The van der Waals surface area contributed by atoms with Crippen LogP contribution in [0.1, 0.15) is 56.0 Å². The quantitative estimate of drug-likeness (QED) is 0.723. The average molecular weight is 342 g/mol. The molecule has 132 valence electrons. The highest BCUT2D eigenvalue weighted by molar-refractivity contribution is 6.00. The van der Waals surface area contributed by atoms with E-state index >= 15 is 0 Å². The fourth-order valence-electron chi connectivity index (χ4n) is 3.27. The summed E-state index contributed by atoms with van der Waals surface area (Å²) >= 11 is 0. The maximum atomic E-state index is 12.5. The summed E-state index contributed by atoms with van der Waals surface area (Å²) in [6, 6.07) is 6.97. The van der Waals surface area contributed by atoms with Crippen molar-refractivity contribution in [2.75, 3.05) is 13.1 Å². The van der Waals surface area contributed by atoms with Crippen LogP contribution in [-0.4, -0.2) is 41.1 Å². The topological polar surface area (TPSA) is 79.6 Å². The molecule has 3 rings (SSSR count). The lowest BCUT2D eigenvalue weighted by molar-refractivity contribution is -0.0226. The van der Waals surface area contributed by atoms with Crippen molar-refractivity contribution >= 4 is 11.9 Å². The lowest BCUT2D eigenvalue weighted by Crippen LogP contribution is -2.53. The van der Waals surface area contributed by atoms with Gasteiger partial charge < -0.3 is 14.4 Å². The number of benzene rings is 1. The summed E-state index contributed by atoms with van der Waals surface area (Å²) in [5.41, 5.74) is -0.138. The molecule has 0 radical (unpaired) electrons. The molecule has 1 spiro atoms. The van der Waals surface area contributed by atoms with Crippen molar-refractivity contribution in [3.8, 4) is 11.8 Å². The molecule has 0 N–H and O–H groups in total. The second-order valence-electron chi connectivity index (χ2n) is 7.68. The molecular formula is C19H22N2O4. The fraction of sp³-hybridized carbons (Fsp3) is 0.526. The number of hydrogen-bond donors (Lipinski definition) is 0. The Labute approximate surface area is 147 Å². The molecule has 1 aromatic carbocycles. The van der Waals surface area contributed by atoms with Gasteiger partial charge in [0.2, 0.25) is 0 Å². The van der Waals surface area contributed by atoms with Crippen molar-refractivity contribution < 1.29 is 19.1 Å². The highest BCUT2D eigenvalue weighted by atomic mass is 16.6. The van der Waals surface area contributed by atoms with Gasteiger partial charge in [-0.3, -0.25) is 4.79 Å². The lowest BCUT2D eigenvalue weighted by Gasteiger charge is -2.44. The molecule has 1 amide bonds. The first kappa shape index (κ1) is 17.3. The molecule has 2 aliphatic rings. The normalized spacial score (nSPS) is 19.0. The summed E-state index contributed by atoms with van der Waals surface area (Å²) in [4.78, 5) is 26.3. The van der Waals surface area contributed by atoms with Crippen molar-refractivity contribution in [3.63, 3.8) is 0 Å². The maximum absolute atomic E-state index is 12.5. The summed E-state index contributed by atoms with van der Waals surface area (Å²) in [6.07, 6.45) is 1.09. The number of carbonyl (C=O) groups excluding carboxylic acids is 2. The molecule has 1 fully saturated rings. The van der Waals surface area contributed by atoms with Crippen molar-refractivity contribution in [3.05, 3.63) is 29.3 Å². The first-order valence-electron chi connectivity index (χ1n) is 8.46. The summed E-state index contributed by atoms with van der Waals surface area (Å²) < 4.78 is 11.6. The number of nitrogens with zero attached hydrogens (tertiary/aromatic N) is 2. The molecule has 2 heterocycles. The SMILES string of the molecule is CC(C)(C)OC(=O)N1CCC2(CC1)CC(=O)c1ccc(C#N)cc1O2. The van der Waals surface area contributed by atoms with Crippen LogP contribution in [0.2, 0.25) is 0 Å². The number of carbonyl (C=O) groups is 2. The number of hydrogen-bond acceptors (Lipinski definition) is 5. The third-order valence-electron chi connectivity index (χ3n) is 4.55. The highest BCUT2D eigenvalue weighted by Gasteiger charge is 2.44. The zero-order valence-electron chi connectivity index (χ0n) is 14.8. The second-order valence-corrected chi connectivity index (χ2v) is 7.68. The number of likely N-dealkylation sites (tertiary alicyclic amines) is 1. The molecule has 0 atom stereocenters. The van der Waals surface area contributed by atoms with Crippen LogP contribution < -0.4 is 4.74 Å². The minimum atomic E-state index is -0.601. The monoisotopic (exact) mass is 342 g/mol. The first-order valence-corrected chi connectivity index (χ1v) is 8.46. The molecule has 0 unspecified atom stereocenters. The Bertz CT molecular complexity index is 750. The van der Waals surface area contributed by atoms with Gasteiger partial charge in [0.05, 0.1) is 23.6 Å². The van der Waals surface area contributed by atoms with Crippen LogP contribution in [0.4, 0.5) is 4.79 Å². The molecule has 2 aliphatic heterocycles. The molecule has 6 heteroatoms. The molecule has 0 aromatic heterocycles. The molecule has 1 aromatic rings. The van der Waals surface area contributed by atoms with Gasteiger partial charge in [0.25, 0.3) is 0 Å². The molecule has 25 heavy (non-hydrogen) atoms. The van der Waals surface area contributed by atoms with E-state index in [1.165, 1.54) is 0 Å². The van der Waals surface area contributed by atoms with E-state index in [0.29, 0.717) is 49.2 Å². The highest BCUT2D eigenvalue weighted by Crippen LogP contribution is 2.39. The van der Waals surface area contributed by atoms with E-state index in [2.05, 4.69) is 6.07 Å². The van der Waals surface area contributed by atoms with E-state index in [1.807, 2.05) is 20.8 Å². The third kappa shape index (κ3) is 3.60. The number of rotatable bonds is 0. The molecule has 6 nitrogen and oxygen atoms in total. The zero-order valence-corrected chi connectivity index (χ0v) is 14.8. The van der Waals surface area contributed by atoms with E-state index in [1.54, 1.807) is 23.1 Å². The van der Waals surface area contributed by atoms with Crippen LogP contribution in [0, 0.1) is 11.3 Å². The number of ketones is 1. The summed E-state index contributed by atoms with van der Waals surface area (Å²) in [6.45, 7) is 6.47. The predicted molar refractivity (Wildman–Crippen MR) is 90.5 cm³/mol. The van der Waals surface area contributed by atoms with Crippen LogP contribution in [0.5, 0.6) is 5.75 Å². The molecular weight excluding hydrogens is 320 g/mol. The number of fused-ring (bicyclic) bond motifs is 1. The van der Waals surface area contributed by atoms with Crippen molar-refractivity contribution in [1.29, 1.82) is 5.26 Å². The average Bonchev–Trinajstić information content (AvgIpc) is 2.53. The van der Waals surface area contributed by atoms with Gasteiger partial charge in [-0.25, -0.2) is 4.79 Å². The predicted octanol–water partition coefficient (Wildman–Crippen LogP) is 3.29. The Morgan fingerprint density at radius 1 is 1.32 bits per heavy atom. The Hall–Kier alpha value is -2.55. The third-order valence-corrected chi connectivity index (χ3v) is 4.55. The Balaban J connectivity index is 1.72. The van der Waals surface area contributed by atoms with E-state index < -0.39 is 11.2 Å². The number of Topliss-reactive ketones (excluding diaryl/α,β-unsaturated/α-hetero) is 1. The lowest BCUT2D eigenvalue weighted by atomic mass is 9.82. The Morgan fingerprint density at radius 2 is 2.00 bits per heavy atom. The van der Waals surface area contributed by atoms with Gasteiger partial charge in [0.1, 0.15) is 17.0 Å². The van der Waals surface area contributed by atoms with Crippen LogP contribution in [0.25, 0.3) is 0 Å². The molecule has 0 bridgehead atoms. The van der Waals surface area contributed by atoms with Gasteiger partial charge in [-0.1, -0.05) is 0 Å². The zero-order chi connectivity index (χ0) is 18.2. The number of amides is 1. The summed E-state index contributed by atoms with van der Waals surface area (Å²) in [5.74, 6) is 0.498. The summed E-state index contributed by atoms with van der Waals surface area (Å²) in [5, 5.41) is 9.05. The van der Waals surface area contributed by atoms with E-state index in [-0.39, 0.29) is 11.9 Å². The van der Waals surface area contributed by atoms with Crippen molar-refractivity contribution in [2.24, 2.45) is 0 Å². The van der Waals surface area contributed by atoms with Crippen LogP contribution in [0.3, 0.4) is 0 Å². The van der Waals surface area contributed by atoms with Gasteiger partial charge in [0, 0.05) is 25.9 Å². The van der Waals surface area contributed by atoms with Crippen LogP contribution >= 0.6 is 0 Å². The van der Waals surface area contributed by atoms with Gasteiger partial charge in [-0.2, -0.15) is 5.26 Å². The smallest absolute Gasteiger partial charge is 0.410 e. The largest absolute Gasteiger partial charge is 0.486 e. The van der Waals surface area contributed by atoms with Gasteiger partial charge in [0.15, 0.2) is 5.78 Å². The van der Waals surface area contributed by atoms with Gasteiger partial charge >= 0.3 is 6.09 Å². The molecule has 1 saturated heterocycles.